The fourth-order valence-corrected chi connectivity index (χ4v) is 7.12. The first-order valence-corrected chi connectivity index (χ1v) is 15.6. The van der Waals surface area contributed by atoms with Crippen molar-refractivity contribution in [3.8, 4) is 0 Å². The van der Waals surface area contributed by atoms with Gasteiger partial charge in [0.05, 0.1) is 18.1 Å². The Bertz CT molecular complexity index is 1720. The molecular weight excluding hydrogens is 554 g/mol. The van der Waals surface area contributed by atoms with Gasteiger partial charge in [-0.2, -0.15) is 4.31 Å². The van der Waals surface area contributed by atoms with Crippen LogP contribution in [0, 0.1) is 0 Å². The second kappa shape index (κ2) is 11.8. The maximum Gasteiger partial charge on any atom is 0.259 e. The molecule has 1 aromatic heterocycles. The number of sulfonamides is 1. The molecule has 0 atom stereocenters. The zero-order valence-electron chi connectivity index (χ0n) is 23.2. The number of pyridine rings is 1. The van der Waals surface area contributed by atoms with Gasteiger partial charge < -0.3 is 19.4 Å². The molecule has 0 bridgehead atoms. The number of aromatic amines is 1. The molecule has 218 valence electrons. The third-order valence-corrected chi connectivity index (χ3v) is 9.93. The standard InChI is InChI=1S/C32H33N3O6S/c36-30-27-21-26(42(38,39)35-17-14-32(15-18-35)40-19-20-41-32)11-12-29(27)33-22-28(30)31(37)34(23-25-9-5-2-6-10-25)16-13-24-7-3-1-4-8-24/h1-12,21-22H,13-20,23H2,(H,33,36). The summed E-state index contributed by atoms with van der Waals surface area (Å²) in [5.74, 6) is -1.11. The summed E-state index contributed by atoms with van der Waals surface area (Å²) in [7, 11) is -3.87. The number of carbonyl (C=O) groups excluding carboxylic acids is 1. The van der Waals surface area contributed by atoms with Crippen molar-refractivity contribution in [3.63, 3.8) is 0 Å². The quantitative estimate of drug-likeness (QED) is 0.335. The summed E-state index contributed by atoms with van der Waals surface area (Å²) in [5, 5.41) is 0.153. The molecule has 1 N–H and O–H groups in total. The molecule has 0 aliphatic carbocycles. The average molecular weight is 588 g/mol. The highest BCUT2D eigenvalue weighted by atomic mass is 32.2. The van der Waals surface area contributed by atoms with Gasteiger partial charge >= 0.3 is 0 Å². The highest BCUT2D eigenvalue weighted by Gasteiger charge is 2.42. The molecule has 2 fully saturated rings. The number of fused-ring (bicyclic) bond motifs is 1. The number of H-pyrrole nitrogens is 1. The molecule has 0 saturated carbocycles. The Morgan fingerprint density at radius 2 is 1.55 bits per heavy atom. The first kappa shape index (κ1) is 28.3. The lowest BCUT2D eigenvalue weighted by Crippen LogP contribution is -2.47. The van der Waals surface area contributed by atoms with E-state index in [1.54, 1.807) is 11.0 Å². The van der Waals surface area contributed by atoms with Crippen LogP contribution in [0.4, 0.5) is 0 Å². The first-order chi connectivity index (χ1) is 20.3. The molecule has 42 heavy (non-hydrogen) atoms. The molecular formula is C32H33N3O6S. The van der Waals surface area contributed by atoms with Crippen molar-refractivity contribution < 1.29 is 22.7 Å². The maximum atomic E-state index is 13.8. The number of nitrogens with zero attached hydrogens (tertiary/aromatic N) is 2. The number of hydrogen-bond donors (Lipinski definition) is 1. The largest absolute Gasteiger partial charge is 0.360 e. The van der Waals surface area contributed by atoms with Crippen molar-refractivity contribution in [2.45, 2.75) is 36.5 Å². The Hall–Kier alpha value is -3.83. The predicted octanol–water partition coefficient (Wildman–Crippen LogP) is 3.94. The minimum absolute atomic E-state index is 0.0135. The first-order valence-electron chi connectivity index (χ1n) is 14.2. The smallest absolute Gasteiger partial charge is 0.259 e. The van der Waals surface area contributed by atoms with Crippen LogP contribution in [0.5, 0.6) is 0 Å². The second-order valence-electron chi connectivity index (χ2n) is 10.7. The summed E-state index contributed by atoms with van der Waals surface area (Å²) in [5.41, 5.74) is 1.95. The van der Waals surface area contributed by atoms with Gasteiger partial charge in [0.2, 0.25) is 15.5 Å². The van der Waals surface area contributed by atoms with Crippen LogP contribution < -0.4 is 5.43 Å². The molecule has 2 aliphatic rings. The van der Waals surface area contributed by atoms with Crippen LogP contribution in [0.3, 0.4) is 0 Å². The van der Waals surface area contributed by atoms with Crippen LogP contribution in [0.15, 0.2) is 94.7 Å². The van der Waals surface area contributed by atoms with Crippen molar-refractivity contribution >= 4 is 26.8 Å². The molecule has 0 unspecified atom stereocenters. The zero-order valence-corrected chi connectivity index (χ0v) is 24.0. The third-order valence-electron chi connectivity index (χ3n) is 8.03. The van der Waals surface area contributed by atoms with Crippen molar-refractivity contribution in [1.82, 2.24) is 14.2 Å². The predicted molar refractivity (Wildman–Crippen MR) is 159 cm³/mol. The van der Waals surface area contributed by atoms with Gasteiger partial charge in [0.1, 0.15) is 5.56 Å². The molecule has 3 heterocycles. The van der Waals surface area contributed by atoms with Gasteiger partial charge in [-0.3, -0.25) is 9.59 Å². The highest BCUT2D eigenvalue weighted by molar-refractivity contribution is 7.89. The van der Waals surface area contributed by atoms with Crippen LogP contribution in [0.2, 0.25) is 0 Å². The molecule has 2 saturated heterocycles. The number of benzene rings is 3. The second-order valence-corrected chi connectivity index (χ2v) is 12.6. The summed E-state index contributed by atoms with van der Waals surface area (Å²) in [4.78, 5) is 32.3. The molecule has 10 heteroatoms. The van der Waals surface area contributed by atoms with Gasteiger partial charge in [0, 0.05) is 56.1 Å². The van der Waals surface area contributed by atoms with Crippen molar-refractivity contribution in [2.24, 2.45) is 0 Å². The van der Waals surface area contributed by atoms with Gasteiger partial charge in [0.15, 0.2) is 5.79 Å². The van der Waals surface area contributed by atoms with Gasteiger partial charge in [-0.1, -0.05) is 60.7 Å². The summed E-state index contributed by atoms with van der Waals surface area (Å²) in [6, 6.07) is 23.9. The number of amides is 1. The lowest BCUT2D eigenvalue weighted by atomic mass is 10.1. The number of carbonyl (C=O) groups is 1. The zero-order chi connectivity index (χ0) is 29.2. The van der Waals surface area contributed by atoms with Gasteiger partial charge in [-0.15, -0.1) is 0 Å². The molecule has 0 radical (unpaired) electrons. The minimum atomic E-state index is -3.87. The number of aromatic nitrogens is 1. The van der Waals surface area contributed by atoms with Crippen LogP contribution in [-0.4, -0.2) is 67.1 Å². The van der Waals surface area contributed by atoms with Crippen LogP contribution in [0.1, 0.15) is 34.3 Å². The number of ether oxygens (including phenoxy) is 2. The molecule has 1 spiro atoms. The minimum Gasteiger partial charge on any atom is -0.360 e. The number of nitrogens with one attached hydrogen (secondary N) is 1. The molecule has 4 aromatic rings. The lowest BCUT2D eigenvalue weighted by Gasteiger charge is -2.36. The van der Waals surface area contributed by atoms with E-state index in [-0.39, 0.29) is 28.9 Å². The summed E-state index contributed by atoms with van der Waals surface area (Å²) in [6.07, 6.45) is 2.94. The molecule has 3 aromatic carbocycles. The molecule has 2 aliphatic heterocycles. The van der Waals surface area contributed by atoms with E-state index in [0.717, 1.165) is 11.1 Å². The van der Waals surface area contributed by atoms with E-state index in [0.29, 0.717) is 51.1 Å². The van der Waals surface area contributed by atoms with Gasteiger partial charge in [-0.05, 0) is 35.7 Å². The number of rotatable bonds is 8. The summed E-state index contributed by atoms with van der Waals surface area (Å²) >= 11 is 0. The van der Waals surface area contributed by atoms with Crippen molar-refractivity contribution in [1.29, 1.82) is 0 Å². The number of piperidine rings is 1. The Kier molecular flexibility index (Phi) is 7.96. The summed E-state index contributed by atoms with van der Waals surface area (Å²) in [6.45, 7) is 2.28. The number of hydrogen-bond acceptors (Lipinski definition) is 6. The van der Waals surface area contributed by atoms with Crippen LogP contribution in [-0.2, 0) is 32.5 Å². The fraction of sp³-hybridized carbons (Fsp3) is 0.312. The molecule has 1 amide bonds. The van der Waals surface area contributed by atoms with E-state index in [9.17, 15) is 18.0 Å². The normalized spacial score (nSPS) is 17.0. The van der Waals surface area contributed by atoms with Crippen molar-refractivity contribution in [2.75, 3.05) is 32.8 Å². The van der Waals surface area contributed by atoms with E-state index in [4.69, 9.17) is 9.47 Å². The van der Waals surface area contributed by atoms with E-state index in [2.05, 4.69) is 4.98 Å². The fourth-order valence-electron chi connectivity index (χ4n) is 5.65. The topological polar surface area (TPSA) is 109 Å². The van der Waals surface area contributed by atoms with E-state index in [1.807, 2.05) is 60.7 Å². The third kappa shape index (κ3) is 5.76. The monoisotopic (exact) mass is 587 g/mol. The Balaban J connectivity index is 1.28. The van der Waals surface area contributed by atoms with Gasteiger partial charge in [0.25, 0.3) is 5.91 Å². The Morgan fingerprint density at radius 3 is 2.21 bits per heavy atom. The van der Waals surface area contributed by atoms with E-state index >= 15 is 0 Å². The highest BCUT2D eigenvalue weighted by Crippen LogP contribution is 2.33. The SMILES string of the molecule is O=C(c1c[nH]c2ccc(S(=O)(=O)N3CCC4(CC3)OCCO4)cc2c1=O)N(CCc1ccccc1)Cc1ccccc1. The Morgan fingerprint density at radius 1 is 0.905 bits per heavy atom. The molecule has 6 rings (SSSR count). The molecule has 9 nitrogen and oxygen atoms in total. The van der Waals surface area contributed by atoms with E-state index in [1.165, 1.54) is 22.6 Å². The summed E-state index contributed by atoms with van der Waals surface area (Å²) < 4.78 is 40.0. The van der Waals surface area contributed by atoms with Gasteiger partial charge in [-0.25, -0.2) is 8.42 Å². The van der Waals surface area contributed by atoms with Crippen LogP contribution in [0.25, 0.3) is 10.9 Å². The van der Waals surface area contributed by atoms with E-state index < -0.39 is 27.1 Å². The maximum absolute atomic E-state index is 13.8. The van der Waals surface area contributed by atoms with Crippen LogP contribution >= 0.6 is 0 Å². The Labute approximate surface area is 244 Å². The average Bonchev–Trinajstić information content (AvgIpc) is 3.47. The van der Waals surface area contributed by atoms with Crippen molar-refractivity contribution in [3.05, 3.63) is 112 Å². The lowest BCUT2D eigenvalue weighted by molar-refractivity contribution is -0.179.